The summed E-state index contributed by atoms with van der Waals surface area (Å²) in [6, 6.07) is 2.39. The molecule has 0 N–H and O–H groups in total. The second-order valence-electron chi connectivity index (χ2n) is 3.45. The third-order valence-electron chi connectivity index (χ3n) is 2.21. The maximum atomic E-state index is 5.83. The van der Waals surface area contributed by atoms with Gasteiger partial charge in [-0.15, -0.1) is 0 Å². The van der Waals surface area contributed by atoms with Crippen LogP contribution < -0.4 is 4.74 Å². The number of rotatable bonds is 2. The highest BCUT2D eigenvalue weighted by atomic mass is 16.5. The molecule has 0 saturated heterocycles. The molecule has 0 aliphatic rings. The molecule has 0 amide bonds. The van der Waals surface area contributed by atoms with Crippen molar-refractivity contribution in [2.45, 2.75) is 20.8 Å². The van der Waals surface area contributed by atoms with Gasteiger partial charge in [0.2, 0.25) is 0 Å². The second kappa shape index (κ2) is 3.53. The number of hydrogen-bond acceptors (Lipinski definition) is 3. The lowest BCUT2D eigenvalue weighted by Gasteiger charge is -2.00. The first-order chi connectivity index (χ1) is 7.13. The zero-order valence-corrected chi connectivity index (χ0v) is 9.11. The molecule has 0 aromatic carbocycles. The number of ether oxygens (including phenoxy) is 1. The Kier molecular flexibility index (Phi) is 2.34. The van der Waals surface area contributed by atoms with Crippen LogP contribution in [0.4, 0.5) is 0 Å². The van der Waals surface area contributed by atoms with E-state index in [1.54, 1.807) is 0 Å². The highest BCUT2D eigenvalue weighted by Gasteiger charge is 2.12. The van der Waals surface area contributed by atoms with Gasteiger partial charge in [0.25, 0.3) is 6.01 Å². The van der Waals surface area contributed by atoms with Crippen LogP contribution in [0.25, 0.3) is 11.2 Å². The number of nitrogens with zero attached hydrogens (tertiary/aromatic N) is 3. The Bertz CT molecular complexity index is 502. The van der Waals surface area contributed by atoms with Gasteiger partial charge in [-0.3, -0.25) is 4.57 Å². The van der Waals surface area contributed by atoms with Crippen molar-refractivity contribution in [1.82, 2.24) is 14.5 Å². The molecule has 2 radical (unpaired) electrons. The fourth-order valence-electron chi connectivity index (χ4n) is 1.59. The van der Waals surface area contributed by atoms with Crippen molar-refractivity contribution in [1.29, 1.82) is 0 Å². The largest absolute Gasteiger partial charge is 0.465 e. The number of aryl methyl sites for hydroxylation is 2. The minimum absolute atomic E-state index is 0.411. The van der Waals surface area contributed by atoms with Gasteiger partial charge in [0.05, 0.1) is 13.7 Å². The molecular weight excluding hydrogens is 190 g/mol. The second-order valence-corrected chi connectivity index (χ2v) is 3.45. The Morgan fingerprint density at radius 1 is 1.40 bits per heavy atom. The number of pyridine rings is 1. The minimum Gasteiger partial charge on any atom is -0.465 e. The lowest BCUT2D eigenvalue weighted by atomic mass is 10.2. The first-order valence-corrected chi connectivity index (χ1v) is 4.88. The van der Waals surface area contributed by atoms with Crippen molar-refractivity contribution in [3.63, 3.8) is 0 Å². The Morgan fingerprint density at radius 3 is 2.80 bits per heavy atom. The first-order valence-electron chi connectivity index (χ1n) is 4.88. The lowest BCUT2D eigenvalue weighted by molar-refractivity contribution is 0.308. The van der Waals surface area contributed by atoms with Crippen molar-refractivity contribution in [2.75, 3.05) is 6.61 Å². The Labute approximate surface area is 88.9 Å². The standard InChI is InChI=1S/C11H13N3O/c1-5-15-11-13-9-7(2)6-8(3)12-10(9)14(11)4/h4,6H,5H2,1-3H3. The fourth-order valence-corrected chi connectivity index (χ4v) is 1.59. The summed E-state index contributed by atoms with van der Waals surface area (Å²) < 4.78 is 6.69. The fraction of sp³-hybridized carbons (Fsp3) is 0.364. The van der Waals surface area contributed by atoms with E-state index in [1.165, 1.54) is 4.57 Å². The van der Waals surface area contributed by atoms with Crippen molar-refractivity contribution in [3.8, 4) is 6.01 Å². The van der Waals surface area contributed by atoms with E-state index < -0.39 is 0 Å². The number of hydrogen-bond donors (Lipinski definition) is 0. The summed E-state index contributed by atoms with van der Waals surface area (Å²) in [5.41, 5.74) is 3.44. The molecule has 2 aromatic heterocycles. The Morgan fingerprint density at radius 2 is 2.13 bits per heavy atom. The molecule has 0 unspecified atom stereocenters. The molecule has 2 heterocycles. The Hall–Kier alpha value is -1.58. The van der Waals surface area contributed by atoms with Gasteiger partial charge in [0, 0.05) is 5.69 Å². The third-order valence-corrected chi connectivity index (χ3v) is 2.21. The number of fused-ring (bicyclic) bond motifs is 1. The molecule has 2 rings (SSSR count). The van der Waals surface area contributed by atoms with E-state index in [4.69, 9.17) is 11.8 Å². The summed E-state index contributed by atoms with van der Waals surface area (Å²) in [7, 11) is 5.83. The normalized spacial score (nSPS) is 10.9. The maximum absolute atomic E-state index is 5.83. The van der Waals surface area contributed by atoms with Crippen LogP contribution in [-0.2, 0) is 0 Å². The molecule has 0 spiro atoms. The zero-order valence-electron chi connectivity index (χ0n) is 9.11. The van der Waals surface area contributed by atoms with E-state index in [0.29, 0.717) is 18.3 Å². The molecule has 0 bridgehead atoms. The van der Waals surface area contributed by atoms with Gasteiger partial charge in [0.15, 0.2) is 5.65 Å². The molecule has 0 aliphatic heterocycles. The summed E-state index contributed by atoms with van der Waals surface area (Å²) in [5.74, 6) is 0. The van der Waals surface area contributed by atoms with Crippen LogP contribution >= 0.6 is 0 Å². The van der Waals surface area contributed by atoms with Gasteiger partial charge in [-0.05, 0) is 32.4 Å². The third kappa shape index (κ3) is 1.56. The van der Waals surface area contributed by atoms with Crippen LogP contribution in [0.2, 0.25) is 0 Å². The lowest BCUT2D eigenvalue weighted by Crippen LogP contribution is -1.98. The summed E-state index contributed by atoms with van der Waals surface area (Å²) in [6.07, 6.45) is 0. The number of imidazole rings is 1. The van der Waals surface area contributed by atoms with E-state index in [0.717, 1.165) is 16.8 Å². The molecule has 0 atom stereocenters. The van der Waals surface area contributed by atoms with Crippen molar-refractivity contribution in [3.05, 3.63) is 24.4 Å². The topological polar surface area (TPSA) is 39.9 Å². The minimum atomic E-state index is 0.411. The van der Waals surface area contributed by atoms with Crippen molar-refractivity contribution >= 4 is 11.2 Å². The highest BCUT2D eigenvalue weighted by molar-refractivity contribution is 5.76. The average Bonchev–Trinajstić information content (AvgIpc) is 2.47. The molecule has 4 nitrogen and oxygen atoms in total. The predicted molar refractivity (Wildman–Crippen MR) is 57.9 cm³/mol. The van der Waals surface area contributed by atoms with Crippen LogP contribution in [0.1, 0.15) is 18.2 Å². The van der Waals surface area contributed by atoms with E-state index in [-0.39, 0.29) is 0 Å². The summed E-state index contributed by atoms with van der Waals surface area (Å²) in [5, 5.41) is 0. The summed E-state index contributed by atoms with van der Waals surface area (Å²) >= 11 is 0. The van der Waals surface area contributed by atoms with E-state index >= 15 is 0 Å². The summed E-state index contributed by atoms with van der Waals surface area (Å²) in [6.45, 7) is 6.35. The Balaban J connectivity index is 2.70. The van der Waals surface area contributed by atoms with E-state index in [9.17, 15) is 0 Å². The molecule has 0 aliphatic carbocycles. The quantitative estimate of drug-likeness (QED) is 0.749. The van der Waals surface area contributed by atoms with Gasteiger partial charge in [-0.1, -0.05) is 0 Å². The van der Waals surface area contributed by atoms with Gasteiger partial charge in [-0.2, -0.15) is 4.98 Å². The van der Waals surface area contributed by atoms with Crippen LogP contribution in [0.15, 0.2) is 6.07 Å². The smallest absolute Gasteiger partial charge is 0.299 e. The zero-order chi connectivity index (χ0) is 11.0. The average molecular weight is 203 g/mol. The van der Waals surface area contributed by atoms with Crippen LogP contribution in [0, 0.1) is 20.9 Å². The van der Waals surface area contributed by atoms with E-state index in [2.05, 4.69) is 9.97 Å². The SMILES string of the molecule is [CH]n1c(OCC)nc2c(C)cc(C)nc21. The molecule has 15 heavy (non-hydrogen) atoms. The molecule has 4 heteroatoms. The van der Waals surface area contributed by atoms with Gasteiger partial charge in [-0.25, -0.2) is 4.98 Å². The van der Waals surface area contributed by atoms with Gasteiger partial charge < -0.3 is 4.74 Å². The molecule has 0 saturated carbocycles. The number of aromatic nitrogens is 3. The summed E-state index contributed by atoms with van der Waals surface area (Å²) in [4.78, 5) is 8.63. The van der Waals surface area contributed by atoms with Crippen LogP contribution in [0.3, 0.4) is 0 Å². The molecule has 0 fully saturated rings. The predicted octanol–water partition coefficient (Wildman–Crippen LogP) is 1.96. The van der Waals surface area contributed by atoms with E-state index in [1.807, 2.05) is 26.8 Å². The maximum Gasteiger partial charge on any atom is 0.299 e. The van der Waals surface area contributed by atoms with Crippen LogP contribution in [-0.4, -0.2) is 21.1 Å². The molecule has 78 valence electrons. The van der Waals surface area contributed by atoms with Gasteiger partial charge >= 0.3 is 0 Å². The first kappa shape index (κ1) is 9.96. The van der Waals surface area contributed by atoms with Crippen LogP contribution in [0.5, 0.6) is 6.01 Å². The monoisotopic (exact) mass is 203 g/mol. The van der Waals surface area contributed by atoms with Crippen molar-refractivity contribution in [2.24, 2.45) is 0 Å². The molecular formula is C11H13N3O. The van der Waals surface area contributed by atoms with Gasteiger partial charge in [0.1, 0.15) is 5.52 Å². The van der Waals surface area contributed by atoms with Crippen molar-refractivity contribution < 1.29 is 4.74 Å². The highest BCUT2D eigenvalue weighted by Crippen LogP contribution is 2.22. The molecule has 2 aromatic rings.